The molecule has 4 aromatic rings. The van der Waals surface area contributed by atoms with Gasteiger partial charge in [0.2, 0.25) is 5.91 Å². The Labute approximate surface area is 162 Å². The molecule has 1 amide bonds. The number of fused-ring (bicyclic) bond motifs is 1. The van der Waals surface area contributed by atoms with E-state index in [1.807, 2.05) is 0 Å². The first kappa shape index (κ1) is 18.4. The number of benzene rings is 1. The summed E-state index contributed by atoms with van der Waals surface area (Å²) in [5.41, 5.74) is -1.20. The predicted molar refractivity (Wildman–Crippen MR) is 103 cm³/mol. The molecule has 0 fully saturated rings. The fourth-order valence-corrected chi connectivity index (χ4v) is 2.98. The van der Waals surface area contributed by atoms with Crippen molar-refractivity contribution in [2.24, 2.45) is 0 Å². The Morgan fingerprint density at radius 2 is 1.90 bits per heavy atom. The monoisotopic (exact) mass is 394 g/mol. The van der Waals surface area contributed by atoms with Crippen molar-refractivity contribution in [3.63, 3.8) is 0 Å². The Balaban J connectivity index is 1.77. The van der Waals surface area contributed by atoms with E-state index in [0.29, 0.717) is 5.76 Å². The lowest BCUT2D eigenvalue weighted by Crippen LogP contribution is -2.42. The fraction of sp³-hybridized carbons (Fsp3) is 0.100. The van der Waals surface area contributed by atoms with Gasteiger partial charge in [0.05, 0.1) is 23.9 Å². The zero-order valence-corrected chi connectivity index (χ0v) is 15.0. The molecule has 0 spiro atoms. The number of anilines is 1. The van der Waals surface area contributed by atoms with Gasteiger partial charge in [0, 0.05) is 6.20 Å². The largest absolute Gasteiger partial charge is 0.467 e. The van der Waals surface area contributed by atoms with Crippen molar-refractivity contribution in [2.45, 2.75) is 13.1 Å². The van der Waals surface area contributed by atoms with Crippen LogP contribution in [0.25, 0.3) is 11.0 Å². The van der Waals surface area contributed by atoms with Crippen LogP contribution in [0.3, 0.4) is 0 Å². The molecule has 0 unspecified atom stereocenters. The standard InChI is InChI=1S/C20H15FN4O4/c21-15-7-1-2-8-16(15)23-17(26)12-24-18-14(6-3-9-22-18)19(27)25(20(24)28)11-13-5-4-10-29-13/h1-10H,11-12H2,(H,23,26). The second kappa shape index (κ2) is 7.55. The second-order valence-corrected chi connectivity index (χ2v) is 6.24. The fourth-order valence-electron chi connectivity index (χ4n) is 2.98. The zero-order chi connectivity index (χ0) is 20.4. The summed E-state index contributed by atoms with van der Waals surface area (Å²) in [4.78, 5) is 42.3. The third kappa shape index (κ3) is 3.57. The molecule has 146 valence electrons. The number of pyridine rings is 1. The highest BCUT2D eigenvalue weighted by atomic mass is 19.1. The van der Waals surface area contributed by atoms with Crippen LogP contribution in [0.5, 0.6) is 0 Å². The van der Waals surface area contributed by atoms with E-state index in [4.69, 9.17) is 4.42 Å². The van der Waals surface area contributed by atoms with E-state index in [0.717, 1.165) is 9.13 Å². The highest BCUT2D eigenvalue weighted by molar-refractivity contribution is 5.91. The molecule has 29 heavy (non-hydrogen) atoms. The molecular weight excluding hydrogens is 379 g/mol. The lowest BCUT2D eigenvalue weighted by atomic mass is 10.3. The molecule has 0 saturated carbocycles. The summed E-state index contributed by atoms with van der Waals surface area (Å²) < 4.78 is 21.1. The summed E-state index contributed by atoms with van der Waals surface area (Å²) in [7, 11) is 0. The molecule has 8 nitrogen and oxygen atoms in total. The average Bonchev–Trinajstić information content (AvgIpc) is 3.23. The van der Waals surface area contributed by atoms with E-state index in [9.17, 15) is 18.8 Å². The van der Waals surface area contributed by atoms with Crippen LogP contribution in [0.2, 0.25) is 0 Å². The van der Waals surface area contributed by atoms with E-state index in [1.165, 1.54) is 36.7 Å². The molecular formula is C20H15FN4O4. The third-order valence-corrected chi connectivity index (χ3v) is 4.32. The van der Waals surface area contributed by atoms with E-state index in [2.05, 4.69) is 10.3 Å². The molecule has 0 bridgehead atoms. The first-order chi connectivity index (χ1) is 14.0. The lowest BCUT2D eigenvalue weighted by molar-refractivity contribution is -0.116. The normalized spacial score (nSPS) is 10.9. The molecule has 0 aliphatic rings. The third-order valence-electron chi connectivity index (χ3n) is 4.32. The molecule has 3 heterocycles. The molecule has 0 aliphatic heterocycles. The van der Waals surface area contributed by atoms with Crippen molar-refractivity contribution >= 4 is 22.6 Å². The van der Waals surface area contributed by atoms with E-state index >= 15 is 0 Å². The van der Waals surface area contributed by atoms with Gasteiger partial charge < -0.3 is 9.73 Å². The minimum absolute atomic E-state index is 0.00767. The van der Waals surface area contributed by atoms with Gasteiger partial charge in [-0.25, -0.2) is 14.2 Å². The van der Waals surface area contributed by atoms with E-state index < -0.39 is 29.5 Å². The number of furan rings is 1. The number of carbonyl (C=O) groups is 1. The van der Waals surface area contributed by atoms with Crippen LogP contribution in [0.4, 0.5) is 10.1 Å². The number of para-hydroxylation sites is 1. The Hall–Kier alpha value is -4.01. The van der Waals surface area contributed by atoms with Gasteiger partial charge in [-0.1, -0.05) is 12.1 Å². The van der Waals surface area contributed by atoms with Crippen molar-refractivity contribution < 1.29 is 13.6 Å². The van der Waals surface area contributed by atoms with Crippen molar-refractivity contribution in [2.75, 3.05) is 5.32 Å². The van der Waals surface area contributed by atoms with Gasteiger partial charge >= 0.3 is 5.69 Å². The number of hydrogen-bond acceptors (Lipinski definition) is 5. The Bertz CT molecular complexity index is 1310. The summed E-state index contributed by atoms with van der Waals surface area (Å²) in [5.74, 6) is -0.818. The number of nitrogens with one attached hydrogen (secondary N) is 1. The van der Waals surface area contributed by atoms with Gasteiger partial charge in [-0.15, -0.1) is 0 Å². The van der Waals surface area contributed by atoms with Crippen molar-refractivity contribution in [3.8, 4) is 0 Å². The average molecular weight is 394 g/mol. The maximum absolute atomic E-state index is 13.8. The van der Waals surface area contributed by atoms with Gasteiger partial charge in [-0.3, -0.25) is 18.7 Å². The highest BCUT2D eigenvalue weighted by Crippen LogP contribution is 2.13. The van der Waals surface area contributed by atoms with Crippen LogP contribution in [0, 0.1) is 5.82 Å². The number of amides is 1. The summed E-state index contributed by atoms with van der Waals surface area (Å²) in [6, 6.07) is 12.1. The summed E-state index contributed by atoms with van der Waals surface area (Å²) in [6.45, 7) is -0.538. The number of hydrogen-bond donors (Lipinski definition) is 1. The smallest absolute Gasteiger partial charge is 0.333 e. The number of carbonyl (C=O) groups excluding carboxylic acids is 1. The van der Waals surface area contributed by atoms with Gasteiger partial charge in [0.1, 0.15) is 23.8 Å². The summed E-state index contributed by atoms with van der Waals surface area (Å²) in [5, 5.41) is 2.60. The quantitative estimate of drug-likeness (QED) is 0.558. The van der Waals surface area contributed by atoms with Crippen LogP contribution in [-0.2, 0) is 17.9 Å². The Morgan fingerprint density at radius 1 is 1.07 bits per heavy atom. The molecule has 0 atom stereocenters. The number of aromatic nitrogens is 3. The van der Waals surface area contributed by atoms with E-state index in [1.54, 1.807) is 24.3 Å². The van der Waals surface area contributed by atoms with Crippen molar-refractivity contribution in [1.29, 1.82) is 0 Å². The molecule has 3 aromatic heterocycles. The zero-order valence-electron chi connectivity index (χ0n) is 15.0. The number of nitrogens with zero attached hydrogens (tertiary/aromatic N) is 3. The van der Waals surface area contributed by atoms with E-state index in [-0.39, 0.29) is 23.3 Å². The molecule has 4 rings (SSSR count). The van der Waals surface area contributed by atoms with Crippen LogP contribution in [0.15, 0.2) is 75.0 Å². The molecule has 1 N–H and O–H groups in total. The van der Waals surface area contributed by atoms with Crippen molar-refractivity contribution in [1.82, 2.24) is 14.1 Å². The van der Waals surface area contributed by atoms with Crippen LogP contribution >= 0.6 is 0 Å². The Morgan fingerprint density at radius 3 is 2.66 bits per heavy atom. The topological polar surface area (TPSA) is 99.1 Å². The molecule has 0 aliphatic carbocycles. The maximum Gasteiger partial charge on any atom is 0.333 e. The maximum atomic E-state index is 13.8. The number of rotatable bonds is 5. The first-order valence-corrected chi connectivity index (χ1v) is 8.70. The lowest BCUT2D eigenvalue weighted by Gasteiger charge is -2.13. The molecule has 0 radical (unpaired) electrons. The van der Waals surface area contributed by atoms with Gasteiger partial charge in [0.25, 0.3) is 5.56 Å². The summed E-state index contributed by atoms with van der Waals surface area (Å²) >= 11 is 0. The predicted octanol–water partition coefficient (Wildman–Crippen LogP) is 1.98. The first-order valence-electron chi connectivity index (χ1n) is 8.70. The molecule has 0 saturated heterocycles. The summed E-state index contributed by atoms with van der Waals surface area (Å²) in [6.07, 6.45) is 2.85. The second-order valence-electron chi connectivity index (χ2n) is 6.24. The van der Waals surface area contributed by atoms with Gasteiger partial charge in [0.15, 0.2) is 0 Å². The molecule has 9 heteroatoms. The Kier molecular flexibility index (Phi) is 4.78. The molecule has 1 aromatic carbocycles. The SMILES string of the molecule is O=C(Cn1c(=O)n(Cc2ccco2)c(=O)c2cccnc21)Nc1ccccc1F. The van der Waals surface area contributed by atoms with Crippen molar-refractivity contribution in [3.05, 3.63) is 93.4 Å². The van der Waals surface area contributed by atoms with Crippen LogP contribution < -0.4 is 16.6 Å². The minimum Gasteiger partial charge on any atom is -0.467 e. The van der Waals surface area contributed by atoms with Gasteiger partial charge in [-0.2, -0.15) is 0 Å². The van der Waals surface area contributed by atoms with Crippen LogP contribution in [-0.4, -0.2) is 20.0 Å². The van der Waals surface area contributed by atoms with Gasteiger partial charge in [-0.05, 0) is 36.4 Å². The number of halogens is 1. The highest BCUT2D eigenvalue weighted by Gasteiger charge is 2.17. The minimum atomic E-state index is -0.721. The van der Waals surface area contributed by atoms with Crippen LogP contribution in [0.1, 0.15) is 5.76 Å².